The van der Waals surface area contributed by atoms with Gasteiger partial charge in [0.05, 0.1) is 22.1 Å². The van der Waals surface area contributed by atoms with Crippen molar-refractivity contribution in [2.45, 2.75) is 34.1 Å². The number of nitrogens with zero attached hydrogens (tertiary/aromatic N) is 3. The number of allylic oxidation sites excluding steroid dienone is 4. The first-order valence-electron chi connectivity index (χ1n) is 25.4. The molecule has 0 saturated carbocycles. The van der Waals surface area contributed by atoms with E-state index in [2.05, 4.69) is 265 Å². The van der Waals surface area contributed by atoms with Crippen LogP contribution in [0.15, 0.2) is 262 Å². The predicted molar refractivity (Wildman–Crippen MR) is 322 cm³/mol. The van der Waals surface area contributed by atoms with Crippen LogP contribution in [0.3, 0.4) is 0 Å². The molecule has 0 aliphatic carbocycles. The molecule has 0 radical (unpaired) electrons. The van der Waals surface area contributed by atoms with Crippen molar-refractivity contribution in [3.8, 4) is 22.5 Å². The van der Waals surface area contributed by atoms with E-state index in [4.69, 9.17) is 0 Å². The van der Waals surface area contributed by atoms with Crippen LogP contribution in [-0.4, -0.2) is 9.13 Å². The standard InChI is InChI=1S/C58H37N3S.C6H8.C3H8.C2H6/c1-2-15-41(16-3-1)61-52-21-9-6-17-47(52)48-33-26-40(36-55(48)61)46-20-12-23-54-58(46)50-19-7-10-22-53(50)60(54)43-30-28-42(29-31-43)59(44-27-25-38-13-4-5-14-39(38)35-44)45-32-34-57-51(37-45)49-18-8-11-24-56(49)62-57;1-3-5-6-4-2;1-3-2;1-2/h1-37H;3-6H,1-2H2;3H2,1-2H3;1-2H3/b;6-5-;;. The fourth-order valence-corrected chi connectivity index (χ4v) is 11.1. The van der Waals surface area contributed by atoms with Crippen molar-refractivity contribution in [1.29, 1.82) is 0 Å². The minimum Gasteiger partial charge on any atom is -0.310 e. The summed E-state index contributed by atoms with van der Waals surface area (Å²) in [5, 5.41) is 10.0. The number of thiophene rings is 1. The molecule has 0 bridgehead atoms. The van der Waals surface area contributed by atoms with Gasteiger partial charge >= 0.3 is 0 Å². The molecule has 0 atom stereocenters. The molecular formula is C69H59N3S. The molecule has 356 valence electrons. The van der Waals surface area contributed by atoms with Crippen molar-refractivity contribution in [3.63, 3.8) is 0 Å². The SMILES string of the molecule is C=C/C=C\C=C.CC.CCC.c1ccc(-n2c3ccccc3c3ccc(-c4cccc5c4c4ccccc4n5-c4ccc(N(c5ccc6ccccc6c5)c5ccc6sc7ccccc7c6c5)cc4)cc32)cc1. The zero-order valence-electron chi connectivity index (χ0n) is 42.0. The van der Waals surface area contributed by atoms with Crippen LogP contribution in [0.2, 0.25) is 0 Å². The van der Waals surface area contributed by atoms with Gasteiger partial charge in [-0.15, -0.1) is 11.3 Å². The molecule has 0 fully saturated rings. The molecule has 13 aromatic rings. The second-order valence-corrected chi connectivity index (χ2v) is 18.8. The first-order chi connectivity index (χ1) is 36.1. The molecule has 4 heteroatoms. The van der Waals surface area contributed by atoms with E-state index in [1.807, 2.05) is 37.3 Å². The summed E-state index contributed by atoms with van der Waals surface area (Å²) in [6, 6.07) is 82.3. The highest BCUT2D eigenvalue weighted by atomic mass is 32.1. The smallest absolute Gasteiger partial charge is 0.0547 e. The molecule has 0 aliphatic heterocycles. The minimum absolute atomic E-state index is 1.10. The Morgan fingerprint density at radius 2 is 0.945 bits per heavy atom. The van der Waals surface area contributed by atoms with Crippen molar-refractivity contribution in [1.82, 2.24) is 9.13 Å². The van der Waals surface area contributed by atoms with Gasteiger partial charge in [0, 0.05) is 70.2 Å². The van der Waals surface area contributed by atoms with Gasteiger partial charge in [0.2, 0.25) is 0 Å². The van der Waals surface area contributed by atoms with Crippen LogP contribution in [0, 0.1) is 0 Å². The summed E-state index contributed by atoms with van der Waals surface area (Å²) in [5.74, 6) is 0. The number of rotatable bonds is 8. The number of anilines is 3. The fraction of sp³-hybridized carbons (Fsp3) is 0.0725. The van der Waals surface area contributed by atoms with Crippen LogP contribution in [0.5, 0.6) is 0 Å². The molecule has 3 nitrogen and oxygen atoms in total. The van der Waals surface area contributed by atoms with Gasteiger partial charge in [-0.3, -0.25) is 0 Å². The molecule has 0 aliphatic rings. The van der Waals surface area contributed by atoms with Crippen LogP contribution in [-0.2, 0) is 0 Å². The lowest BCUT2D eigenvalue weighted by molar-refractivity contribution is 1.09. The van der Waals surface area contributed by atoms with Crippen molar-refractivity contribution in [2.75, 3.05) is 4.90 Å². The van der Waals surface area contributed by atoms with Crippen molar-refractivity contribution < 1.29 is 0 Å². The van der Waals surface area contributed by atoms with Gasteiger partial charge in [-0.1, -0.05) is 199 Å². The maximum atomic E-state index is 3.46. The summed E-state index contributed by atoms with van der Waals surface area (Å²) in [6.07, 6.45) is 8.32. The van der Waals surface area contributed by atoms with Crippen LogP contribution >= 0.6 is 11.3 Å². The largest absolute Gasteiger partial charge is 0.310 e. The zero-order valence-corrected chi connectivity index (χ0v) is 42.9. The third kappa shape index (κ3) is 9.14. The number of benzene rings is 10. The molecule has 0 saturated heterocycles. The topological polar surface area (TPSA) is 13.1 Å². The molecule has 3 aromatic heterocycles. The highest BCUT2D eigenvalue weighted by Gasteiger charge is 2.20. The van der Waals surface area contributed by atoms with E-state index in [-0.39, 0.29) is 0 Å². The van der Waals surface area contributed by atoms with Crippen LogP contribution in [0.25, 0.3) is 97.1 Å². The highest BCUT2D eigenvalue weighted by Crippen LogP contribution is 2.44. The van der Waals surface area contributed by atoms with Crippen molar-refractivity contribution >= 4 is 103 Å². The van der Waals surface area contributed by atoms with E-state index in [0.29, 0.717) is 0 Å². The Kier molecular flexibility index (Phi) is 14.3. The number of para-hydroxylation sites is 3. The van der Waals surface area contributed by atoms with E-state index in [0.717, 1.165) is 28.4 Å². The summed E-state index contributed by atoms with van der Waals surface area (Å²) in [5.41, 5.74) is 12.8. The number of hydrogen-bond acceptors (Lipinski definition) is 2. The van der Waals surface area contributed by atoms with Crippen molar-refractivity contribution in [2.24, 2.45) is 0 Å². The fourth-order valence-electron chi connectivity index (χ4n) is 10.1. The Balaban J connectivity index is 0.000000510. The molecule has 0 unspecified atom stereocenters. The Bertz CT molecular complexity index is 4080. The first-order valence-corrected chi connectivity index (χ1v) is 26.2. The Morgan fingerprint density at radius 1 is 0.411 bits per heavy atom. The third-order valence-corrected chi connectivity index (χ3v) is 14.2. The van der Waals surface area contributed by atoms with E-state index in [1.165, 1.54) is 92.1 Å². The molecule has 0 spiro atoms. The maximum absolute atomic E-state index is 3.46. The summed E-state index contributed by atoms with van der Waals surface area (Å²) >= 11 is 1.86. The Hall–Kier alpha value is -8.70. The molecular weight excluding hydrogens is 903 g/mol. The first kappa shape index (κ1) is 48.0. The monoisotopic (exact) mass is 961 g/mol. The van der Waals surface area contributed by atoms with Gasteiger partial charge in [0.15, 0.2) is 0 Å². The lowest BCUT2D eigenvalue weighted by atomic mass is 9.98. The molecule has 13 rings (SSSR count). The third-order valence-electron chi connectivity index (χ3n) is 13.1. The average molecular weight is 962 g/mol. The number of fused-ring (bicyclic) bond motifs is 10. The molecule has 73 heavy (non-hydrogen) atoms. The maximum Gasteiger partial charge on any atom is 0.0547 e. The second-order valence-electron chi connectivity index (χ2n) is 17.7. The van der Waals surface area contributed by atoms with Gasteiger partial charge in [-0.2, -0.15) is 0 Å². The highest BCUT2D eigenvalue weighted by molar-refractivity contribution is 7.25. The number of hydrogen-bond donors (Lipinski definition) is 0. The van der Waals surface area contributed by atoms with Gasteiger partial charge < -0.3 is 14.0 Å². The van der Waals surface area contributed by atoms with E-state index in [9.17, 15) is 0 Å². The molecule has 3 heterocycles. The molecule has 0 amide bonds. The van der Waals surface area contributed by atoms with E-state index < -0.39 is 0 Å². The predicted octanol–water partition coefficient (Wildman–Crippen LogP) is 20.9. The van der Waals surface area contributed by atoms with Gasteiger partial charge in [-0.25, -0.2) is 0 Å². The van der Waals surface area contributed by atoms with E-state index >= 15 is 0 Å². The summed E-state index contributed by atoms with van der Waals surface area (Å²) in [6.45, 7) is 15.2. The van der Waals surface area contributed by atoms with Crippen LogP contribution in [0.1, 0.15) is 34.1 Å². The lowest BCUT2D eigenvalue weighted by Crippen LogP contribution is -2.10. The summed E-state index contributed by atoms with van der Waals surface area (Å²) < 4.78 is 7.45. The van der Waals surface area contributed by atoms with E-state index in [1.54, 1.807) is 12.2 Å². The summed E-state index contributed by atoms with van der Waals surface area (Å²) in [7, 11) is 0. The quantitative estimate of drug-likeness (QED) is 0.138. The Morgan fingerprint density at radius 3 is 1.68 bits per heavy atom. The van der Waals surface area contributed by atoms with Crippen LogP contribution in [0.4, 0.5) is 17.1 Å². The molecule has 0 N–H and O–H groups in total. The summed E-state index contributed by atoms with van der Waals surface area (Å²) in [4.78, 5) is 2.40. The zero-order chi connectivity index (χ0) is 50.3. The van der Waals surface area contributed by atoms with Gasteiger partial charge in [0.25, 0.3) is 0 Å². The normalized spacial score (nSPS) is 11.1. The Labute approximate surface area is 433 Å². The molecule has 10 aromatic carbocycles. The van der Waals surface area contributed by atoms with Gasteiger partial charge in [0.1, 0.15) is 0 Å². The van der Waals surface area contributed by atoms with Crippen molar-refractivity contribution in [3.05, 3.63) is 262 Å². The minimum atomic E-state index is 1.10. The van der Waals surface area contributed by atoms with Gasteiger partial charge in [-0.05, 0) is 119 Å². The number of aromatic nitrogens is 2. The lowest BCUT2D eigenvalue weighted by Gasteiger charge is -2.26. The average Bonchev–Trinajstić information content (AvgIpc) is 4.11. The second kappa shape index (κ2) is 21.7. The van der Waals surface area contributed by atoms with Crippen LogP contribution < -0.4 is 4.90 Å².